The van der Waals surface area contributed by atoms with E-state index in [2.05, 4.69) is 0 Å². The largest absolute Gasteiger partial charge is 0.545 e. The highest BCUT2D eigenvalue weighted by Crippen LogP contribution is 2.08. The number of hydrogen-bond acceptors (Lipinski definition) is 5. The van der Waals surface area contributed by atoms with Crippen LogP contribution in [0.25, 0.3) is 0 Å². The van der Waals surface area contributed by atoms with Crippen LogP contribution in [0.1, 0.15) is 26.3 Å². The van der Waals surface area contributed by atoms with Crippen LogP contribution in [0, 0.1) is 11.3 Å². The van der Waals surface area contributed by atoms with E-state index in [4.69, 9.17) is 5.26 Å². The summed E-state index contributed by atoms with van der Waals surface area (Å²) in [6, 6.07) is 4.57. The summed E-state index contributed by atoms with van der Waals surface area (Å²) in [5.41, 5.74) is -0.780. The third kappa shape index (κ3) is 1.87. The van der Waals surface area contributed by atoms with E-state index >= 15 is 0 Å². The maximum absolute atomic E-state index is 10.4. The number of carbonyl (C=O) groups is 2. The van der Waals surface area contributed by atoms with Crippen molar-refractivity contribution in [2.24, 2.45) is 0 Å². The van der Waals surface area contributed by atoms with Crippen molar-refractivity contribution in [3.8, 4) is 6.07 Å². The minimum absolute atomic E-state index is 0.0640. The molecule has 0 atom stereocenters. The van der Waals surface area contributed by atoms with Gasteiger partial charge in [0.15, 0.2) is 0 Å². The lowest BCUT2D eigenvalue weighted by atomic mass is 10.1. The monoisotopic (exact) mass is 189 g/mol. The molecule has 1 aromatic rings. The standard InChI is InChI=1S/C9H5NO4/c10-4-5-1-6(8(11)12)3-7(2-5)9(13)14/h1-3H,(H,11,12)(H,13,14)/p-2. The number of nitriles is 1. The second kappa shape index (κ2) is 3.58. The smallest absolute Gasteiger partial charge is 0.0992 e. The quantitative estimate of drug-likeness (QED) is 0.550. The van der Waals surface area contributed by atoms with Crippen LogP contribution in [0.2, 0.25) is 0 Å². The molecule has 0 radical (unpaired) electrons. The van der Waals surface area contributed by atoms with Crippen LogP contribution in [0.4, 0.5) is 0 Å². The Balaban J connectivity index is 3.36. The van der Waals surface area contributed by atoms with Crippen molar-refractivity contribution in [2.45, 2.75) is 0 Å². The molecule has 5 nitrogen and oxygen atoms in total. The number of hydrogen-bond donors (Lipinski definition) is 0. The molecule has 0 fully saturated rings. The maximum Gasteiger partial charge on any atom is 0.0992 e. The lowest BCUT2D eigenvalue weighted by Crippen LogP contribution is -2.25. The fourth-order valence-electron chi connectivity index (χ4n) is 0.928. The number of carboxylic acid groups (broad SMARTS) is 2. The normalized spacial score (nSPS) is 9.07. The number of rotatable bonds is 2. The third-order valence-electron chi connectivity index (χ3n) is 1.53. The molecule has 0 saturated carbocycles. The topological polar surface area (TPSA) is 104 Å². The molecule has 0 amide bonds. The summed E-state index contributed by atoms with van der Waals surface area (Å²) in [5, 5.41) is 29.3. The number of benzene rings is 1. The molecule has 5 heteroatoms. The van der Waals surface area contributed by atoms with Crippen LogP contribution in [-0.2, 0) is 0 Å². The minimum atomic E-state index is -1.54. The molecule has 0 unspecified atom stereocenters. The molecule has 0 aliphatic carbocycles. The van der Waals surface area contributed by atoms with E-state index in [1.807, 2.05) is 0 Å². The predicted molar refractivity (Wildman–Crippen MR) is 39.8 cm³/mol. The van der Waals surface area contributed by atoms with E-state index in [-0.39, 0.29) is 16.7 Å². The van der Waals surface area contributed by atoms with E-state index in [0.717, 1.165) is 18.2 Å². The first-order chi connectivity index (χ1) is 6.54. The van der Waals surface area contributed by atoms with Crippen LogP contribution < -0.4 is 10.2 Å². The maximum atomic E-state index is 10.4. The van der Waals surface area contributed by atoms with Gasteiger partial charge in [0.05, 0.1) is 23.6 Å². The Hall–Kier alpha value is -2.35. The van der Waals surface area contributed by atoms with Crippen LogP contribution >= 0.6 is 0 Å². The van der Waals surface area contributed by atoms with Gasteiger partial charge in [-0.3, -0.25) is 0 Å². The Bertz CT molecular complexity index is 412. The Morgan fingerprint density at radius 1 is 1.07 bits per heavy atom. The zero-order valence-corrected chi connectivity index (χ0v) is 6.81. The molecule has 1 aromatic carbocycles. The molecule has 0 heterocycles. The SMILES string of the molecule is N#Cc1cc(C(=O)[O-])cc(C(=O)[O-])c1. The van der Waals surface area contributed by atoms with E-state index in [0.29, 0.717) is 0 Å². The fraction of sp³-hybridized carbons (Fsp3) is 0. The Morgan fingerprint density at radius 3 is 1.79 bits per heavy atom. The van der Waals surface area contributed by atoms with E-state index in [1.54, 1.807) is 6.07 Å². The lowest BCUT2D eigenvalue weighted by molar-refractivity contribution is -0.255. The molecule has 14 heavy (non-hydrogen) atoms. The second-order valence-electron chi connectivity index (χ2n) is 2.49. The van der Waals surface area contributed by atoms with Crippen LogP contribution in [-0.4, -0.2) is 11.9 Å². The van der Waals surface area contributed by atoms with Gasteiger partial charge in [0.25, 0.3) is 0 Å². The van der Waals surface area contributed by atoms with Gasteiger partial charge in [-0.05, 0) is 29.3 Å². The molecule has 0 N–H and O–H groups in total. The van der Waals surface area contributed by atoms with Gasteiger partial charge in [0, 0.05) is 0 Å². The first-order valence-electron chi connectivity index (χ1n) is 3.52. The van der Waals surface area contributed by atoms with Gasteiger partial charge >= 0.3 is 0 Å². The van der Waals surface area contributed by atoms with Gasteiger partial charge in [0.2, 0.25) is 0 Å². The van der Waals surface area contributed by atoms with Gasteiger partial charge in [-0.25, -0.2) is 0 Å². The van der Waals surface area contributed by atoms with Crippen LogP contribution in [0.3, 0.4) is 0 Å². The molecule has 0 saturated heterocycles. The molecular weight excluding hydrogens is 186 g/mol. The molecule has 1 rings (SSSR count). The van der Waals surface area contributed by atoms with Crippen molar-refractivity contribution in [1.82, 2.24) is 0 Å². The first kappa shape index (κ1) is 9.74. The van der Waals surface area contributed by atoms with E-state index in [9.17, 15) is 19.8 Å². The van der Waals surface area contributed by atoms with Crippen molar-refractivity contribution < 1.29 is 19.8 Å². The van der Waals surface area contributed by atoms with E-state index in [1.165, 1.54) is 0 Å². The summed E-state index contributed by atoms with van der Waals surface area (Å²) in [4.78, 5) is 20.8. The van der Waals surface area contributed by atoms with E-state index < -0.39 is 11.9 Å². The van der Waals surface area contributed by atoms with Crippen molar-refractivity contribution >= 4 is 11.9 Å². The van der Waals surface area contributed by atoms with Gasteiger partial charge in [-0.15, -0.1) is 0 Å². The first-order valence-corrected chi connectivity index (χ1v) is 3.52. The van der Waals surface area contributed by atoms with Gasteiger partial charge < -0.3 is 19.8 Å². The number of nitrogens with zero attached hydrogens (tertiary/aromatic N) is 1. The summed E-state index contributed by atoms with van der Waals surface area (Å²) in [5.74, 6) is -3.07. The van der Waals surface area contributed by atoms with Crippen LogP contribution in [0.5, 0.6) is 0 Å². The average Bonchev–Trinajstić information content (AvgIpc) is 2.16. The third-order valence-corrected chi connectivity index (χ3v) is 1.53. The Kier molecular flexibility index (Phi) is 2.49. The highest BCUT2D eigenvalue weighted by molar-refractivity contribution is 5.92. The van der Waals surface area contributed by atoms with Gasteiger partial charge in [0.1, 0.15) is 0 Å². The predicted octanol–water partition coefficient (Wildman–Crippen LogP) is -1.71. The average molecular weight is 189 g/mol. The number of aromatic carboxylic acids is 2. The summed E-state index contributed by atoms with van der Waals surface area (Å²) >= 11 is 0. The second-order valence-corrected chi connectivity index (χ2v) is 2.49. The van der Waals surface area contributed by atoms with Gasteiger partial charge in [-0.1, -0.05) is 0 Å². The van der Waals surface area contributed by atoms with Crippen molar-refractivity contribution in [3.05, 3.63) is 34.9 Å². The molecule has 0 aromatic heterocycles. The molecule has 0 aliphatic heterocycles. The minimum Gasteiger partial charge on any atom is -0.545 e. The molecule has 0 spiro atoms. The zero-order chi connectivity index (χ0) is 10.7. The molecule has 70 valence electrons. The lowest BCUT2D eigenvalue weighted by Gasteiger charge is -2.07. The number of carbonyl (C=O) groups excluding carboxylic acids is 2. The summed E-state index contributed by atoms with van der Waals surface area (Å²) < 4.78 is 0. The van der Waals surface area contributed by atoms with Gasteiger partial charge in [-0.2, -0.15) is 5.26 Å². The zero-order valence-electron chi connectivity index (χ0n) is 6.81. The highest BCUT2D eigenvalue weighted by atomic mass is 16.4. The number of carboxylic acids is 2. The van der Waals surface area contributed by atoms with Crippen molar-refractivity contribution in [1.29, 1.82) is 5.26 Å². The molecule has 0 aliphatic rings. The fourth-order valence-corrected chi connectivity index (χ4v) is 0.928. The molecule has 0 bridgehead atoms. The summed E-state index contributed by atoms with van der Waals surface area (Å²) in [6.45, 7) is 0. The van der Waals surface area contributed by atoms with Crippen molar-refractivity contribution in [3.63, 3.8) is 0 Å². The Labute approximate surface area is 78.8 Å². The highest BCUT2D eigenvalue weighted by Gasteiger charge is 2.02. The summed E-state index contributed by atoms with van der Waals surface area (Å²) in [6.07, 6.45) is 0. The summed E-state index contributed by atoms with van der Waals surface area (Å²) in [7, 11) is 0. The van der Waals surface area contributed by atoms with Crippen LogP contribution in [0.15, 0.2) is 18.2 Å². The molecular formula is C9H3NO4-2. The Morgan fingerprint density at radius 2 is 1.50 bits per heavy atom. The van der Waals surface area contributed by atoms with Crippen molar-refractivity contribution in [2.75, 3.05) is 0 Å².